The highest BCUT2D eigenvalue weighted by molar-refractivity contribution is 7.15. The topological polar surface area (TPSA) is 59.3 Å². The molecule has 0 aliphatic heterocycles. The van der Waals surface area contributed by atoms with Crippen molar-refractivity contribution in [1.29, 1.82) is 0 Å². The number of halogens is 2. The van der Waals surface area contributed by atoms with Crippen molar-refractivity contribution in [1.82, 2.24) is 14.6 Å². The summed E-state index contributed by atoms with van der Waals surface area (Å²) in [7, 11) is 0. The first-order valence-electron chi connectivity index (χ1n) is 7.73. The van der Waals surface area contributed by atoms with Crippen molar-refractivity contribution in [3.8, 4) is 11.3 Å². The summed E-state index contributed by atoms with van der Waals surface area (Å²) >= 11 is 13.7. The van der Waals surface area contributed by atoms with E-state index >= 15 is 0 Å². The molecule has 5 nitrogen and oxygen atoms in total. The minimum Gasteiger partial charge on any atom is -0.293 e. The first-order chi connectivity index (χ1) is 12.6. The van der Waals surface area contributed by atoms with E-state index in [2.05, 4.69) is 15.4 Å². The number of carbonyl (C=O) groups excluding carboxylic acids is 1. The molecule has 0 bridgehead atoms. The lowest BCUT2D eigenvalue weighted by Gasteiger charge is -2.03. The van der Waals surface area contributed by atoms with Crippen LogP contribution in [-0.2, 0) is 11.2 Å². The second-order valence-corrected chi connectivity index (χ2v) is 7.27. The van der Waals surface area contributed by atoms with Crippen LogP contribution in [0, 0.1) is 0 Å². The van der Waals surface area contributed by atoms with Gasteiger partial charge >= 0.3 is 0 Å². The Labute approximate surface area is 163 Å². The first kappa shape index (κ1) is 17.0. The van der Waals surface area contributed by atoms with E-state index in [0.29, 0.717) is 15.0 Å². The van der Waals surface area contributed by atoms with E-state index in [0.717, 1.165) is 16.8 Å². The Morgan fingerprint density at radius 2 is 1.96 bits per heavy atom. The fraction of sp³-hybridized carbons (Fsp3) is 0.0556. The molecular formula is C18H12Cl2N4OS. The number of aromatic nitrogens is 3. The zero-order valence-electron chi connectivity index (χ0n) is 13.3. The van der Waals surface area contributed by atoms with E-state index in [1.54, 1.807) is 16.6 Å². The third-order valence-electron chi connectivity index (χ3n) is 3.75. The van der Waals surface area contributed by atoms with Crippen molar-refractivity contribution in [2.75, 3.05) is 5.32 Å². The van der Waals surface area contributed by atoms with E-state index in [4.69, 9.17) is 23.2 Å². The molecule has 0 aliphatic rings. The highest BCUT2D eigenvalue weighted by Gasteiger charge is 2.15. The van der Waals surface area contributed by atoms with Crippen LogP contribution in [0.25, 0.3) is 16.2 Å². The van der Waals surface area contributed by atoms with Gasteiger partial charge in [-0.25, -0.2) is 4.52 Å². The summed E-state index contributed by atoms with van der Waals surface area (Å²) in [5.74, 6) is 0.102. The molecule has 0 saturated heterocycles. The van der Waals surface area contributed by atoms with Gasteiger partial charge in [-0.1, -0.05) is 53.5 Å². The van der Waals surface area contributed by atoms with Crippen molar-refractivity contribution < 1.29 is 4.79 Å². The van der Waals surface area contributed by atoms with Crippen LogP contribution in [0.3, 0.4) is 0 Å². The monoisotopic (exact) mass is 402 g/mol. The Morgan fingerprint density at radius 3 is 2.73 bits per heavy atom. The molecule has 4 rings (SSSR count). The van der Waals surface area contributed by atoms with Gasteiger partial charge in [0.2, 0.25) is 16.8 Å². The minimum absolute atomic E-state index is 0.166. The molecule has 0 aliphatic carbocycles. The number of benzene rings is 2. The molecule has 2 heterocycles. The number of nitrogens with zero attached hydrogens (tertiary/aromatic N) is 3. The summed E-state index contributed by atoms with van der Waals surface area (Å²) in [4.78, 5) is 17.2. The van der Waals surface area contributed by atoms with Crippen LogP contribution < -0.4 is 5.32 Å². The second kappa shape index (κ2) is 7.07. The summed E-state index contributed by atoms with van der Waals surface area (Å²) in [6.07, 6.45) is 0.267. The third-order valence-corrected chi connectivity index (χ3v) is 5.11. The second-order valence-electron chi connectivity index (χ2n) is 5.59. The Hall–Kier alpha value is -2.41. The molecule has 0 spiro atoms. The SMILES string of the molecule is O=C(Cc1ccccc1)Nc1nc2scc(-c3ccc(Cl)cc3Cl)n2n1. The number of rotatable bonds is 4. The summed E-state index contributed by atoms with van der Waals surface area (Å²) in [5.41, 5.74) is 2.52. The summed E-state index contributed by atoms with van der Waals surface area (Å²) < 4.78 is 1.66. The number of anilines is 1. The Bertz CT molecular complexity index is 1090. The third kappa shape index (κ3) is 3.44. The highest BCUT2D eigenvalue weighted by atomic mass is 35.5. The maximum absolute atomic E-state index is 12.2. The first-order valence-corrected chi connectivity index (χ1v) is 9.37. The number of thiazole rings is 1. The summed E-state index contributed by atoms with van der Waals surface area (Å²) in [6.45, 7) is 0. The lowest BCUT2D eigenvalue weighted by atomic mass is 10.1. The largest absolute Gasteiger partial charge is 0.293 e. The van der Waals surface area contributed by atoms with E-state index in [-0.39, 0.29) is 18.3 Å². The van der Waals surface area contributed by atoms with Crippen molar-refractivity contribution in [3.05, 3.63) is 69.5 Å². The molecule has 0 fully saturated rings. The zero-order chi connectivity index (χ0) is 18.1. The molecule has 1 N–H and O–H groups in total. The van der Waals surface area contributed by atoms with Gasteiger partial charge in [-0.05, 0) is 23.8 Å². The predicted molar refractivity (Wildman–Crippen MR) is 105 cm³/mol. The van der Waals surface area contributed by atoms with Gasteiger partial charge in [0.15, 0.2) is 0 Å². The normalized spacial score (nSPS) is 11.0. The maximum atomic E-state index is 12.2. The van der Waals surface area contributed by atoms with Gasteiger partial charge < -0.3 is 0 Å². The molecule has 2 aromatic carbocycles. The van der Waals surface area contributed by atoms with Crippen molar-refractivity contribution in [3.63, 3.8) is 0 Å². The van der Waals surface area contributed by atoms with Gasteiger partial charge in [0.05, 0.1) is 17.1 Å². The molecule has 26 heavy (non-hydrogen) atoms. The Balaban J connectivity index is 1.59. The van der Waals surface area contributed by atoms with Gasteiger partial charge in [0.25, 0.3) is 0 Å². The Morgan fingerprint density at radius 1 is 1.15 bits per heavy atom. The zero-order valence-corrected chi connectivity index (χ0v) is 15.6. The molecule has 0 radical (unpaired) electrons. The molecule has 2 aromatic heterocycles. The molecule has 4 aromatic rings. The van der Waals surface area contributed by atoms with Crippen LogP contribution in [0.15, 0.2) is 53.9 Å². The summed E-state index contributed by atoms with van der Waals surface area (Å²) in [5, 5.41) is 10.1. The van der Waals surface area contributed by atoms with E-state index in [1.807, 2.05) is 41.8 Å². The van der Waals surface area contributed by atoms with E-state index < -0.39 is 0 Å². The lowest BCUT2D eigenvalue weighted by Crippen LogP contribution is -2.15. The van der Waals surface area contributed by atoms with Crippen molar-refractivity contribution in [2.45, 2.75) is 6.42 Å². The average Bonchev–Trinajstić information content (AvgIpc) is 3.16. The molecular weight excluding hydrogens is 391 g/mol. The number of nitrogens with one attached hydrogen (secondary N) is 1. The number of hydrogen-bond acceptors (Lipinski definition) is 4. The molecule has 1 amide bonds. The van der Waals surface area contributed by atoms with Gasteiger partial charge in [0, 0.05) is 16.0 Å². The van der Waals surface area contributed by atoms with Crippen molar-refractivity contribution >= 4 is 51.4 Å². The summed E-state index contributed by atoms with van der Waals surface area (Å²) in [6, 6.07) is 14.8. The van der Waals surface area contributed by atoms with Crippen LogP contribution in [-0.4, -0.2) is 20.5 Å². The van der Waals surface area contributed by atoms with Gasteiger partial charge in [0.1, 0.15) is 0 Å². The standard InChI is InChI=1S/C18H12Cl2N4OS/c19-12-6-7-13(14(20)9-12)15-10-26-18-22-17(23-24(15)18)21-16(25)8-11-4-2-1-3-5-11/h1-7,9-10H,8H2,(H,21,23,25). The number of fused-ring (bicyclic) bond motifs is 1. The fourth-order valence-electron chi connectivity index (χ4n) is 2.57. The molecule has 0 atom stereocenters. The quantitative estimate of drug-likeness (QED) is 0.525. The van der Waals surface area contributed by atoms with Gasteiger partial charge in [-0.3, -0.25) is 10.1 Å². The average molecular weight is 403 g/mol. The van der Waals surface area contributed by atoms with Crippen LogP contribution in [0.2, 0.25) is 10.0 Å². The van der Waals surface area contributed by atoms with Crippen LogP contribution in [0.5, 0.6) is 0 Å². The van der Waals surface area contributed by atoms with Crippen LogP contribution in [0.1, 0.15) is 5.56 Å². The smallest absolute Gasteiger partial charge is 0.250 e. The molecule has 130 valence electrons. The van der Waals surface area contributed by atoms with Crippen LogP contribution in [0.4, 0.5) is 5.95 Å². The molecule has 0 unspecified atom stereocenters. The number of hydrogen-bond donors (Lipinski definition) is 1. The molecule has 8 heteroatoms. The number of carbonyl (C=O) groups is 1. The van der Waals surface area contributed by atoms with Crippen molar-refractivity contribution in [2.24, 2.45) is 0 Å². The Kier molecular flexibility index (Phi) is 4.63. The van der Waals surface area contributed by atoms with Gasteiger partial charge in [-0.2, -0.15) is 4.98 Å². The molecule has 0 saturated carbocycles. The lowest BCUT2D eigenvalue weighted by molar-refractivity contribution is -0.115. The predicted octanol–water partition coefficient (Wildman–Crippen LogP) is 4.95. The van der Waals surface area contributed by atoms with Gasteiger partial charge in [-0.15, -0.1) is 16.4 Å². The fourth-order valence-corrected chi connectivity index (χ4v) is 3.89. The van der Waals surface area contributed by atoms with E-state index in [1.165, 1.54) is 11.3 Å². The number of amides is 1. The van der Waals surface area contributed by atoms with E-state index in [9.17, 15) is 4.79 Å². The van der Waals surface area contributed by atoms with Crippen LogP contribution >= 0.6 is 34.5 Å². The maximum Gasteiger partial charge on any atom is 0.250 e. The highest BCUT2D eigenvalue weighted by Crippen LogP contribution is 2.33. The minimum atomic E-state index is -0.166.